The van der Waals surface area contributed by atoms with Crippen LogP contribution in [-0.4, -0.2) is 51.4 Å². The molecule has 34 heavy (non-hydrogen) atoms. The minimum absolute atomic E-state index is 0.0953. The number of rotatable bonds is 10. The topological polar surface area (TPSA) is 61.3 Å². The Morgan fingerprint density at radius 2 is 2.06 bits per heavy atom. The van der Waals surface area contributed by atoms with E-state index in [1.54, 1.807) is 0 Å². The number of fused-ring (bicyclic) bond motifs is 1. The summed E-state index contributed by atoms with van der Waals surface area (Å²) in [6.45, 7) is 4.58. The van der Waals surface area contributed by atoms with Crippen LogP contribution in [0.3, 0.4) is 0 Å². The van der Waals surface area contributed by atoms with Crippen LogP contribution in [0.1, 0.15) is 86.3 Å². The van der Waals surface area contributed by atoms with Gasteiger partial charge in [0.1, 0.15) is 5.82 Å². The monoisotopic (exact) mass is 480 g/mol. The molecule has 6 heteroatoms. The summed E-state index contributed by atoms with van der Waals surface area (Å²) >= 11 is 0. The normalized spacial score (nSPS) is 24.4. The lowest BCUT2D eigenvalue weighted by Crippen LogP contribution is -2.31. The molecule has 3 aliphatic rings. The van der Waals surface area contributed by atoms with Crippen molar-refractivity contribution in [2.75, 3.05) is 25.0 Å². The lowest BCUT2D eigenvalue weighted by molar-refractivity contribution is 0.141. The maximum absolute atomic E-state index is 10.3. The highest BCUT2D eigenvalue weighted by atomic mass is 31.0. The first-order valence-electron chi connectivity index (χ1n) is 13.4. The first kappa shape index (κ1) is 24.2. The highest BCUT2D eigenvalue weighted by Crippen LogP contribution is 2.43. The molecule has 0 amide bonds. The second kappa shape index (κ2) is 11.0. The molecule has 2 fully saturated rings. The van der Waals surface area contributed by atoms with E-state index in [1.807, 2.05) is 12.3 Å². The molecule has 184 valence electrons. The maximum atomic E-state index is 10.3. The highest BCUT2D eigenvalue weighted by molar-refractivity contribution is 7.17. The van der Waals surface area contributed by atoms with E-state index in [4.69, 9.17) is 4.98 Å². The van der Waals surface area contributed by atoms with E-state index < -0.39 is 0 Å². The Morgan fingerprint density at radius 1 is 1.18 bits per heavy atom. The van der Waals surface area contributed by atoms with Crippen molar-refractivity contribution in [2.24, 2.45) is 5.92 Å². The number of aliphatic hydroxyl groups is 1. The molecule has 2 aromatic rings. The van der Waals surface area contributed by atoms with E-state index in [0.717, 1.165) is 31.7 Å². The summed E-state index contributed by atoms with van der Waals surface area (Å²) in [5.74, 6) is 2.41. The standard InChI is InChI=1S/C28H41N4OP/c1-19-8-9-21-12-13-23(31-28(21)30-19)5-2-3-7-26(34)22-14-16-32(17-22)25(18-33)24-6-4-15-29-27(24)20-10-11-20/h4,6,12-13,15,19-20,22,25-26,33H,2-3,5,7-11,14,16-18,34H2,1H3,(H,30,31)/t19-,22?,25+,26?/m1/s1. The van der Waals surface area contributed by atoms with Gasteiger partial charge in [-0.2, -0.15) is 0 Å². The predicted octanol–water partition coefficient (Wildman–Crippen LogP) is 5.11. The largest absolute Gasteiger partial charge is 0.394 e. The third-order valence-corrected chi connectivity index (χ3v) is 9.03. The van der Waals surface area contributed by atoms with Gasteiger partial charge in [0.05, 0.1) is 12.6 Å². The Kier molecular flexibility index (Phi) is 7.83. The molecule has 2 aliphatic heterocycles. The van der Waals surface area contributed by atoms with Crippen LogP contribution in [0.25, 0.3) is 0 Å². The molecule has 5 atom stereocenters. The molecule has 1 saturated carbocycles. The van der Waals surface area contributed by atoms with Crippen LogP contribution >= 0.6 is 9.24 Å². The van der Waals surface area contributed by atoms with E-state index in [2.05, 4.69) is 49.6 Å². The quantitative estimate of drug-likeness (QED) is 0.365. The molecule has 0 spiro atoms. The van der Waals surface area contributed by atoms with Crippen LogP contribution in [0.5, 0.6) is 0 Å². The van der Waals surface area contributed by atoms with Crippen molar-refractivity contribution in [1.29, 1.82) is 0 Å². The molecule has 4 heterocycles. The van der Waals surface area contributed by atoms with Gasteiger partial charge in [-0.15, -0.1) is 9.24 Å². The fourth-order valence-electron chi connectivity index (χ4n) is 5.86. The van der Waals surface area contributed by atoms with E-state index in [0.29, 0.717) is 23.5 Å². The zero-order valence-corrected chi connectivity index (χ0v) is 21.8. The third kappa shape index (κ3) is 5.64. The number of nitrogens with one attached hydrogen (secondary N) is 1. The van der Waals surface area contributed by atoms with Crippen LogP contribution in [-0.2, 0) is 12.8 Å². The summed E-state index contributed by atoms with van der Waals surface area (Å²) < 4.78 is 0. The average Bonchev–Trinajstić information content (AvgIpc) is 3.59. The van der Waals surface area contributed by atoms with E-state index >= 15 is 0 Å². The van der Waals surface area contributed by atoms with Crippen molar-refractivity contribution >= 4 is 15.1 Å². The van der Waals surface area contributed by atoms with Crippen molar-refractivity contribution in [2.45, 2.75) is 88.4 Å². The number of anilines is 1. The maximum Gasteiger partial charge on any atom is 0.129 e. The van der Waals surface area contributed by atoms with Crippen LogP contribution in [0.15, 0.2) is 30.5 Å². The highest BCUT2D eigenvalue weighted by Gasteiger charge is 2.35. The van der Waals surface area contributed by atoms with Crippen molar-refractivity contribution < 1.29 is 5.11 Å². The summed E-state index contributed by atoms with van der Waals surface area (Å²) in [7, 11) is 3.14. The number of nitrogens with zero attached hydrogens (tertiary/aromatic N) is 3. The van der Waals surface area contributed by atoms with Gasteiger partial charge < -0.3 is 10.4 Å². The number of hydrogen-bond donors (Lipinski definition) is 2. The zero-order valence-electron chi connectivity index (χ0n) is 20.6. The Labute approximate surface area is 207 Å². The smallest absolute Gasteiger partial charge is 0.129 e. The minimum Gasteiger partial charge on any atom is -0.394 e. The molecule has 0 aromatic carbocycles. The second-order valence-corrected chi connectivity index (χ2v) is 11.7. The predicted molar refractivity (Wildman–Crippen MR) is 142 cm³/mol. The number of aromatic nitrogens is 2. The average molecular weight is 481 g/mol. The summed E-state index contributed by atoms with van der Waals surface area (Å²) in [4.78, 5) is 12.1. The van der Waals surface area contributed by atoms with Gasteiger partial charge in [0.2, 0.25) is 0 Å². The molecule has 0 radical (unpaired) electrons. The molecule has 3 unspecified atom stereocenters. The second-order valence-electron chi connectivity index (χ2n) is 10.8. The van der Waals surface area contributed by atoms with Crippen molar-refractivity contribution in [3.63, 3.8) is 0 Å². The molecule has 0 bridgehead atoms. The molecular formula is C28H41N4OP. The number of aryl methyl sites for hydroxylation is 2. The van der Waals surface area contributed by atoms with Crippen LogP contribution in [0.2, 0.25) is 0 Å². The van der Waals surface area contributed by atoms with Crippen LogP contribution < -0.4 is 5.32 Å². The summed E-state index contributed by atoms with van der Waals surface area (Å²) in [6, 6.07) is 9.35. The molecule has 5 rings (SSSR count). The number of aliphatic hydroxyl groups excluding tert-OH is 1. The van der Waals surface area contributed by atoms with Gasteiger partial charge in [-0.05, 0) is 99.7 Å². The van der Waals surface area contributed by atoms with Gasteiger partial charge in [-0.25, -0.2) is 4.98 Å². The van der Waals surface area contributed by atoms with Gasteiger partial charge in [-0.3, -0.25) is 9.88 Å². The third-order valence-electron chi connectivity index (χ3n) is 8.16. The van der Waals surface area contributed by atoms with E-state index in [-0.39, 0.29) is 12.6 Å². The Balaban J connectivity index is 1.09. The first-order valence-corrected chi connectivity index (χ1v) is 14.1. The van der Waals surface area contributed by atoms with Gasteiger partial charge in [0.25, 0.3) is 0 Å². The number of unbranched alkanes of at least 4 members (excludes halogenated alkanes) is 1. The molecule has 2 N–H and O–H groups in total. The Morgan fingerprint density at radius 3 is 2.88 bits per heavy atom. The summed E-state index contributed by atoms with van der Waals surface area (Å²) in [6.07, 6.45) is 12.7. The van der Waals surface area contributed by atoms with Crippen molar-refractivity contribution in [1.82, 2.24) is 14.9 Å². The first-order chi connectivity index (χ1) is 16.6. The molecular weight excluding hydrogens is 439 g/mol. The molecule has 5 nitrogen and oxygen atoms in total. The fraction of sp³-hybridized carbons (Fsp3) is 0.643. The lowest BCUT2D eigenvalue weighted by atomic mass is 9.98. The number of hydrogen-bond acceptors (Lipinski definition) is 5. The number of pyridine rings is 2. The Hall–Kier alpha value is -1.55. The van der Waals surface area contributed by atoms with Crippen LogP contribution in [0, 0.1) is 5.92 Å². The van der Waals surface area contributed by atoms with Crippen LogP contribution in [0.4, 0.5) is 5.82 Å². The van der Waals surface area contributed by atoms with Crippen molar-refractivity contribution in [3.8, 4) is 0 Å². The SMILES string of the molecule is C[C@@H]1CCc2ccc(CCCCC(P)C3CCN([C@@H](CO)c4cccnc4C4CC4)C3)nc2N1. The van der Waals surface area contributed by atoms with Crippen molar-refractivity contribution in [3.05, 3.63) is 53.0 Å². The van der Waals surface area contributed by atoms with Gasteiger partial charge in [-0.1, -0.05) is 18.6 Å². The zero-order chi connectivity index (χ0) is 23.5. The summed E-state index contributed by atoms with van der Waals surface area (Å²) in [5.41, 5.74) is 5.72. The minimum atomic E-state index is 0.0953. The molecule has 1 saturated heterocycles. The van der Waals surface area contributed by atoms with Gasteiger partial charge in [0.15, 0.2) is 0 Å². The number of likely N-dealkylation sites (tertiary alicyclic amines) is 1. The van der Waals surface area contributed by atoms with E-state index in [9.17, 15) is 5.11 Å². The molecule has 2 aromatic heterocycles. The van der Waals surface area contributed by atoms with Gasteiger partial charge in [0, 0.05) is 36.1 Å². The van der Waals surface area contributed by atoms with E-state index in [1.165, 1.54) is 67.5 Å². The van der Waals surface area contributed by atoms with Gasteiger partial charge >= 0.3 is 0 Å². The molecule has 1 aliphatic carbocycles. The summed E-state index contributed by atoms with van der Waals surface area (Å²) in [5, 5.41) is 13.8. The lowest BCUT2D eigenvalue weighted by Gasteiger charge is -2.29. The Bertz CT molecular complexity index is 965. The fourth-order valence-corrected chi connectivity index (χ4v) is 6.41.